The van der Waals surface area contributed by atoms with Gasteiger partial charge in [-0.15, -0.1) is 11.8 Å². The molecule has 1 amide bonds. The summed E-state index contributed by atoms with van der Waals surface area (Å²) in [7, 11) is 0. The summed E-state index contributed by atoms with van der Waals surface area (Å²) in [6.45, 7) is 2.86. The van der Waals surface area contributed by atoms with Crippen LogP contribution in [0.25, 0.3) is 0 Å². The quantitative estimate of drug-likeness (QED) is 0.922. The number of hydrogen-bond donors (Lipinski definition) is 1. The molecule has 1 aromatic heterocycles. The first-order valence-corrected chi connectivity index (χ1v) is 9.28. The van der Waals surface area contributed by atoms with Gasteiger partial charge in [0, 0.05) is 25.2 Å². The van der Waals surface area contributed by atoms with E-state index in [1.807, 2.05) is 13.0 Å². The number of imidazole rings is 1. The summed E-state index contributed by atoms with van der Waals surface area (Å²) >= 11 is 1.76. The predicted molar refractivity (Wildman–Crippen MR) is 92.6 cm³/mol. The molecule has 2 atom stereocenters. The van der Waals surface area contributed by atoms with Crippen LogP contribution in [0.15, 0.2) is 30.5 Å². The average molecular weight is 327 g/mol. The number of amides is 1. The standard InChI is InChI=1S/C18H21N3OS/c1-12-10-21-11-14(6-7-16(21)19-12)20-18(22)17-15-5-3-2-4-13(15)8-9-23-17/h2-5,10,14,17H,6-9,11H2,1H3,(H,20,22)/t14-,17+/m1/s1. The Labute approximate surface area is 140 Å². The summed E-state index contributed by atoms with van der Waals surface area (Å²) in [4.78, 5) is 17.3. The molecule has 1 aromatic carbocycles. The van der Waals surface area contributed by atoms with Crippen molar-refractivity contribution in [1.29, 1.82) is 0 Å². The second-order valence-corrected chi connectivity index (χ2v) is 7.61. The van der Waals surface area contributed by atoms with Crippen LogP contribution in [0.1, 0.15) is 34.3 Å². The highest BCUT2D eigenvalue weighted by Crippen LogP contribution is 2.36. The van der Waals surface area contributed by atoms with Crippen molar-refractivity contribution in [1.82, 2.24) is 14.9 Å². The summed E-state index contributed by atoms with van der Waals surface area (Å²) in [5.41, 5.74) is 3.57. The molecule has 5 heteroatoms. The fourth-order valence-corrected chi connectivity index (χ4v) is 4.79. The van der Waals surface area contributed by atoms with Crippen LogP contribution in [0.5, 0.6) is 0 Å². The summed E-state index contributed by atoms with van der Waals surface area (Å²) in [5, 5.41) is 3.21. The van der Waals surface area contributed by atoms with E-state index >= 15 is 0 Å². The second-order valence-electron chi connectivity index (χ2n) is 6.39. The van der Waals surface area contributed by atoms with Crippen molar-refractivity contribution < 1.29 is 4.79 Å². The average Bonchev–Trinajstić information content (AvgIpc) is 2.93. The normalized spacial score (nSPS) is 23.0. The van der Waals surface area contributed by atoms with Gasteiger partial charge in [-0.1, -0.05) is 24.3 Å². The Hall–Kier alpha value is -1.75. The van der Waals surface area contributed by atoms with Gasteiger partial charge in [0.15, 0.2) is 0 Å². The zero-order chi connectivity index (χ0) is 15.8. The van der Waals surface area contributed by atoms with Gasteiger partial charge < -0.3 is 9.88 Å². The van der Waals surface area contributed by atoms with Crippen LogP contribution in [-0.4, -0.2) is 27.3 Å². The summed E-state index contributed by atoms with van der Waals surface area (Å²) in [6, 6.07) is 8.55. The summed E-state index contributed by atoms with van der Waals surface area (Å²) in [5.74, 6) is 2.32. The number of benzene rings is 1. The first kappa shape index (κ1) is 14.8. The molecule has 1 N–H and O–H groups in total. The van der Waals surface area contributed by atoms with Gasteiger partial charge in [0.25, 0.3) is 0 Å². The minimum Gasteiger partial charge on any atom is -0.350 e. The molecule has 4 rings (SSSR count). The fraction of sp³-hybridized carbons (Fsp3) is 0.444. The number of fused-ring (bicyclic) bond motifs is 2. The number of carbonyl (C=O) groups is 1. The Balaban J connectivity index is 1.47. The zero-order valence-corrected chi connectivity index (χ0v) is 14.1. The molecule has 4 nitrogen and oxygen atoms in total. The third-order valence-corrected chi connectivity index (χ3v) is 5.93. The number of hydrogen-bond acceptors (Lipinski definition) is 3. The van der Waals surface area contributed by atoms with Crippen molar-refractivity contribution in [2.45, 2.75) is 44.0 Å². The maximum Gasteiger partial charge on any atom is 0.237 e. The minimum atomic E-state index is -0.0640. The van der Waals surface area contributed by atoms with E-state index in [0.29, 0.717) is 0 Å². The largest absolute Gasteiger partial charge is 0.350 e. The van der Waals surface area contributed by atoms with Gasteiger partial charge in [-0.05, 0) is 36.6 Å². The van der Waals surface area contributed by atoms with Gasteiger partial charge in [0.1, 0.15) is 11.1 Å². The molecule has 2 aliphatic heterocycles. The van der Waals surface area contributed by atoms with E-state index < -0.39 is 0 Å². The van der Waals surface area contributed by atoms with Crippen LogP contribution in [0.4, 0.5) is 0 Å². The molecule has 3 heterocycles. The Kier molecular flexibility index (Phi) is 3.89. The molecule has 0 saturated carbocycles. The van der Waals surface area contributed by atoms with Gasteiger partial charge in [0.05, 0.1) is 5.69 Å². The van der Waals surface area contributed by atoms with E-state index in [-0.39, 0.29) is 17.2 Å². The maximum atomic E-state index is 12.8. The first-order valence-electron chi connectivity index (χ1n) is 8.23. The highest BCUT2D eigenvalue weighted by atomic mass is 32.2. The van der Waals surface area contributed by atoms with Crippen LogP contribution >= 0.6 is 11.8 Å². The lowest BCUT2D eigenvalue weighted by Gasteiger charge is -2.29. The molecule has 0 fully saturated rings. The molecular formula is C18H21N3OS. The third-order valence-electron chi connectivity index (χ3n) is 4.69. The van der Waals surface area contributed by atoms with Crippen molar-refractivity contribution in [2.75, 3.05) is 5.75 Å². The molecule has 120 valence electrons. The number of nitrogens with zero attached hydrogens (tertiary/aromatic N) is 2. The molecule has 0 aliphatic carbocycles. The highest BCUT2D eigenvalue weighted by molar-refractivity contribution is 8.00. The van der Waals surface area contributed by atoms with Gasteiger partial charge >= 0.3 is 0 Å². The van der Waals surface area contributed by atoms with E-state index in [0.717, 1.165) is 43.1 Å². The van der Waals surface area contributed by atoms with E-state index in [1.54, 1.807) is 11.8 Å². The van der Waals surface area contributed by atoms with Crippen LogP contribution < -0.4 is 5.32 Å². The van der Waals surface area contributed by atoms with Crippen molar-refractivity contribution in [2.24, 2.45) is 0 Å². The van der Waals surface area contributed by atoms with Crippen LogP contribution in [0, 0.1) is 6.92 Å². The fourth-order valence-electron chi connectivity index (χ4n) is 3.59. The number of aryl methyl sites for hydroxylation is 3. The molecular weight excluding hydrogens is 306 g/mol. The van der Waals surface area contributed by atoms with E-state index in [4.69, 9.17) is 0 Å². The summed E-state index contributed by atoms with van der Waals surface area (Å²) in [6.07, 6.45) is 5.05. The SMILES string of the molecule is Cc1cn2c(n1)CC[C@@H](NC(=O)[C@H]1SCCc3ccccc31)C2. The Morgan fingerprint density at radius 3 is 3.13 bits per heavy atom. The Morgan fingerprint density at radius 1 is 1.35 bits per heavy atom. The van der Waals surface area contributed by atoms with E-state index in [9.17, 15) is 4.79 Å². The molecule has 0 bridgehead atoms. The maximum absolute atomic E-state index is 12.8. The number of aromatic nitrogens is 2. The van der Waals surface area contributed by atoms with E-state index in [1.165, 1.54) is 11.1 Å². The molecule has 0 unspecified atom stereocenters. The van der Waals surface area contributed by atoms with Gasteiger partial charge in [-0.3, -0.25) is 4.79 Å². The van der Waals surface area contributed by atoms with Crippen molar-refractivity contribution in [3.05, 3.63) is 53.1 Å². The topological polar surface area (TPSA) is 46.9 Å². The third kappa shape index (κ3) is 2.90. The smallest absolute Gasteiger partial charge is 0.237 e. The van der Waals surface area contributed by atoms with Gasteiger partial charge in [-0.25, -0.2) is 4.98 Å². The lowest BCUT2D eigenvalue weighted by molar-refractivity contribution is -0.121. The number of rotatable bonds is 2. The minimum absolute atomic E-state index is 0.0640. The first-order chi connectivity index (χ1) is 11.2. The molecule has 2 aromatic rings. The zero-order valence-electron chi connectivity index (χ0n) is 13.3. The van der Waals surface area contributed by atoms with Crippen molar-refractivity contribution in [3.8, 4) is 0 Å². The Bertz CT molecular complexity index is 740. The monoisotopic (exact) mass is 327 g/mol. The molecule has 2 aliphatic rings. The van der Waals surface area contributed by atoms with Crippen molar-refractivity contribution >= 4 is 17.7 Å². The number of nitrogens with one attached hydrogen (secondary N) is 1. The van der Waals surface area contributed by atoms with Crippen LogP contribution in [-0.2, 0) is 24.2 Å². The molecule has 0 saturated heterocycles. The second kappa shape index (κ2) is 6.04. The lowest BCUT2D eigenvalue weighted by Crippen LogP contribution is -2.43. The Morgan fingerprint density at radius 2 is 2.22 bits per heavy atom. The highest BCUT2D eigenvalue weighted by Gasteiger charge is 2.29. The van der Waals surface area contributed by atoms with E-state index in [2.05, 4.69) is 39.3 Å². The lowest BCUT2D eigenvalue weighted by atomic mass is 10.0. The van der Waals surface area contributed by atoms with Gasteiger partial charge in [-0.2, -0.15) is 0 Å². The molecule has 0 radical (unpaired) electrons. The number of thioether (sulfide) groups is 1. The molecule has 0 spiro atoms. The van der Waals surface area contributed by atoms with Gasteiger partial charge in [0.2, 0.25) is 5.91 Å². The molecule has 23 heavy (non-hydrogen) atoms. The van der Waals surface area contributed by atoms with Crippen LogP contribution in [0.2, 0.25) is 0 Å². The van der Waals surface area contributed by atoms with Crippen molar-refractivity contribution in [3.63, 3.8) is 0 Å². The summed E-state index contributed by atoms with van der Waals surface area (Å²) < 4.78 is 2.19. The predicted octanol–water partition coefficient (Wildman–Crippen LogP) is 2.65. The number of carbonyl (C=O) groups excluding carboxylic acids is 1. The van der Waals surface area contributed by atoms with Crippen LogP contribution in [0.3, 0.4) is 0 Å².